The molecule has 0 amide bonds. The van der Waals surface area contributed by atoms with Crippen LogP contribution in [0.25, 0.3) is 27.7 Å². The van der Waals surface area contributed by atoms with Gasteiger partial charge in [0.1, 0.15) is 0 Å². The van der Waals surface area contributed by atoms with Crippen LogP contribution >= 0.6 is 0 Å². The molecule has 6 nitrogen and oxygen atoms in total. The van der Waals surface area contributed by atoms with Crippen LogP contribution in [0, 0.1) is 11.8 Å². The maximum absolute atomic E-state index is 14.6. The van der Waals surface area contributed by atoms with Crippen LogP contribution in [-0.4, -0.2) is 37.5 Å². The van der Waals surface area contributed by atoms with Crippen molar-refractivity contribution in [2.24, 2.45) is 0 Å². The van der Waals surface area contributed by atoms with Gasteiger partial charge in [-0.25, -0.2) is 13.8 Å². The van der Waals surface area contributed by atoms with Crippen molar-refractivity contribution in [2.75, 3.05) is 13.1 Å². The minimum absolute atomic E-state index is 0.0146. The van der Waals surface area contributed by atoms with Gasteiger partial charge in [-0.3, -0.25) is 9.88 Å². The fourth-order valence-corrected chi connectivity index (χ4v) is 5.91. The molecule has 7 rings (SSSR count). The number of imidazole rings is 1. The SMILES string of the molecule is CC(F)(F)c1cc(Cc2noc3c(C#Cc4ccc5cncn5c4)c(-c4ccccc4)ncc23)cc(CN2CCCCC2)c1. The average molecular weight is 588 g/mol. The highest BCUT2D eigenvalue weighted by atomic mass is 19.3. The minimum Gasteiger partial charge on any atom is -0.355 e. The Kier molecular flexibility index (Phi) is 7.41. The monoisotopic (exact) mass is 587 g/mol. The molecule has 1 saturated heterocycles. The number of rotatable bonds is 6. The first-order chi connectivity index (χ1) is 21.4. The lowest BCUT2D eigenvalue weighted by Crippen LogP contribution is -2.29. The molecule has 220 valence electrons. The van der Waals surface area contributed by atoms with E-state index in [9.17, 15) is 8.78 Å². The van der Waals surface area contributed by atoms with E-state index >= 15 is 0 Å². The van der Waals surface area contributed by atoms with Gasteiger partial charge < -0.3 is 8.92 Å². The standard InChI is InChI=1S/C36H31F2N5O/c1-36(37,38)29-17-26(16-27(18-29)22-42-14-6-3-7-15-42)19-33-32-21-40-34(28-8-4-2-5-9-28)31(35(32)44-41-33)13-11-25-10-12-30-20-39-24-43(30)23-25/h2,4-5,8-10,12,16-18,20-21,23-24H,3,6-7,14-15,19,22H2,1H3. The number of hydrogen-bond acceptors (Lipinski definition) is 5. The fourth-order valence-electron chi connectivity index (χ4n) is 5.91. The number of piperidine rings is 1. The first-order valence-corrected chi connectivity index (χ1v) is 14.9. The third-order valence-corrected chi connectivity index (χ3v) is 8.16. The lowest BCUT2D eigenvalue weighted by atomic mass is 9.97. The number of likely N-dealkylation sites (tertiary alicyclic amines) is 1. The Morgan fingerprint density at radius 1 is 0.932 bits per heavy atom. The number of halogens is 2. The lowest BCUT2D eigenvalue weighted by Gasteiger charge is -2.27. The molecule has 0 unspecified atom stereocenters. The Morgan fingerprint density at radius 2 is 1.75 bits per heavy atom. The van der Waals surface area contributed by atoms with Crippen LogP contribution < -0.4 is 0 Å². The van der Waals surface area contributed by atoms with Crippen molar-refractivity contribution in [3.63, 3.8) is 0 Å². The maximum Gasteiger partial charge on any atom is 0.270 e. The van der Waals surface area contributed by atoms with E-state index in [4.69, 9.17) is 9.51 Å². The highest BCUT2D eigenvalue weighted by molar-refractivity contribution is 5.90. The van der Waals surface area contributed by atoms with Gasteiger partial charge in [0.15, 0.2) is 5.58 Å². The molecule has 44 heavy (non-hydrogen) atoms. The molecule has 0 radical (unpaired) electrons. The molecule has 2 aromatic carbocycles. The van der Waals surface area contributed by atoms with Gasteiger partial charge in [-0.15, -0.1) is 0 Å². The summed E-state index contributed by atoms with van der Waals surface area (Å²) in [5, 5.41) is 5.13. The molecule has 0 saturated carbocycles. The average Bonchev–Trinajstić information content (AvgIpc) is 3.67. The zero-order valence-electron chi connectivity index (χ0n) is 24.4. The summed E-state index contributed by atoms with van der Waals surface area (Å²) in [5.41, 5.74) is 6.83. The van der Waals surface area contributed by atoms with Gasteiger partial charge >= 0.3 is 0 Å². The molecule has 0 spiro atoms. The molecule has 0 N–H and O–H groups in total. The Bertz CT molecular complexity index is 2010. The third-order valence-electron chi connectivity index (χ3n) is 8.16. The van der Waals surface area contributed by atoms with E-state index in [1.165, 1.54) is 6.42 Å². The van der Waals surface area contributed by atoms with Crippen LogP contribution in [0.2, 0.25) is 0 Å². The van der Waals surface area contributed by atoms with E-state index in [-0.39, 0.29) is 5.56 Å². The van der Waals surface area contributed by atoms with Crippen molar-refractivity contribution >= 4 is 16.5 Å². The van der Waals surface area contributed by atoms with Crippen molar-refractivity contribution in [2.45, 2.75) is 45.1 Å². The zero-order chi connectivity index (χ0) is 30.1. The molecule has 8 heteroatoms. The van der Waals surface area contributed by atoms with Crippen LogP contribution in [0.4, 0.5) is 8.78 Å². The van der Waals surface area contributed by atoms with E-state index in [2.05, 4.69) is 26.9 Å². The second-order valence-corrected chi connectivity index (χ2v) is 11.6. The van der Waals surface area contributed by atoms with Crippen LogP contribution in [0.5, 0.6) is 0 Å². The van der Waals surface area contributed by atoms with E-state index < -0.39 is 5.92 Å². The summed E-state index contributed by atoms with van der Waals surface area (Å²) in [7, 11) is 0. The summed E-state index contributed by atoms with van der Waals surface area (Å²) in [4.78, 5) is 11.3. The molecular formula is C36H31F2N5O. The maximum atomic E-state index is 14.6. The summed E-state index contributed by atoms with van der Waals surface area (Å²) in [6, 6.07) is 19.0. The molecule has 0 aliphatic carbocycles. The first kappa shape index (κ1) is 27.9. The Hall–Kier alpha value is -4.87. The Morgan fingerprint density at radius 3 is 2.57 bits per heavy atom. The minimum atomic E-state index is -2.95. The van der Waals surface area contributed by atoms with Gasteiger partial charge in [0, 0.05) is 49.0 Å². The van der Waals surface area contributed by atoms with Gasteiger partial charge in [0.2, 0.25) is 0 Å². The van der Waals surface area contributed by atoms with Crippen molar-refractivity contribution in [3.05, 3.63) is 119 Å². The highest BCUT2D eigenvalue weighted by Crippen LogP contribution is 2.33. The second-order valence-electron chi connectivity index (χ2n) is 11.6. The molecule has 0 atom stereocenters. The summed E-state index contributed by atoms with van der Waals surface area (Å²) in [6.45, 7) is 3.59. The normalized spacial score (nSPS) is 14.2. The van der Waals surface area contributed by atoms with Crippen LogP contribution in [0.1, 0.15) is 59.7 Å². The van der Waals surface area contributed by atoms with Gasteiger partial charge in [-0.05, 0) is 61.3 Å². The smallest absolute Gasteiger partial charge is 0.270 e. The van der Waals surface area contributed by atoms with Gasteiger partial charge in [0.25, 0.3) is 5.92 Å². The third kappa shape index (κ3) is 5.84. The molecule has 6 aromatic rings. The summed E-state index contributed by atoms with van der Waals surface area (Å²) in [6.07, 6.45) is 11.0. The number of nitrogens with zero attached hydrogens (tertiary/aromatic N) is 5. The first-order valence-electron chi connectivity index (χ1n) is 14.9. The quantitative estimate of drug-likeness (QED) is 0.188. The molecule has 1 aliphatic rings. The number of aromatic nitrogens is 4. The fraction of sp³-hybridized carbons (Fsp3) is 0.250. The van der Waals surface area contributed by atoms with E-state index in [0.29, 0.717) is 40.9 Å². The molecular weight excluding hydrogens is 556 g/mol. The van der Waals surface area contributed by atoms with Crippen LogP contribution in [0.3, 0.4) is 0 Å². The molecule has 1 aliphatic heterocycles. The van der Waals surface area contributed by atoms with Gasteiger partial charge in [0.05, 0.1) is 40.4 Å². The lowest BCUT2D eigenvalue weighted by molar-refractivity contribution is 0.0172. The van der Waals surface area contributed by atoms with E-state index in [1.807, 2.05) is 59.1 Å². The molecule has 1 fully saturated rings. The largest absolute Gasteiger partial charge is 0.355 e. The van der Waals surface area contributed by atoms with Gasteiger partial charge in [-0.1, -0.05) is 59.8 Å². The number of hydrogen-bond donors (Lipinski definition) is 0. The predicted octanol–water partition coefficient (Wildman–Crippen LogP) is 7.63. The van der Waals surface area contributed by atoms with Gasteiger partial charge in [-0.2, -0.15) is 0 Å². The van der Waals surface area contributed by atoms with Crippen molar-refractivity contribution in [1.82, 2.24) is 24.4 Å². The molecule has 4 aromatic heterocycles. The zero-order valence-corrected chi connectivity index (χ0v) is 24.4. The van der Waals surface area contributed by atoms with E-state index in [1.54, 1.807) is 30.9 Å². The number of alkyl halides is 2. The number of benzene rings is 2. The highest BCUT2D eigenvalue weighted by Gasteiger charge is 2.26. The topological polar surface area (TPSA) is 59.5 Å². The molecule has 0 bridgehead atoms. The number of pyridine rings is 2. The number of fused-ring (bicyclic) bond motifs is 2. The van der Waals surface area contributed by atoms with Crippen molar-refractivity contribution in [1.29, 1.82) is 0 Å². The summed E-state index contributed by atoms with van der Waals surface area (Å²) in [5.74, 6) is 3.61. The van der Waals surface area contributed by atoms with Crippen LogP contribution in [-0.2, 0) is 18.9 Å². The Balaban J connectivity index is 1.28. The predicted molar refractivity (Wildman–Crippen MR) is 166 cm³/mol. The van der Waals surface area contributed by atoms with Crippen molar-refractivity contribution < 1.29 is 13.3 Å². The molecule has 5 heterocycles. The summed E-state index contributed by atoms with van der Waals surface area (Å²) >= 11 is 0. The summed E-state index contributed by atoms with van der Waals surface area (Å²) < 4.78 is 37.1. The Labute approximate surface area is 254 Å². The van der Waals surface area contributed by atoms with E-state index in [0.717, 1.165) is 60.6 Å². The van der Waals surface area contributed by atoms with Crippen molar-refractivity contribution in [3.8, 4) is 23.1 Å². The van der Waals surface area contributed by atoms with Crippen LogP contribution in [0.15, 0.2) is 90.1 Å². The second kappa shape index (κ2) is 11.7.